The van der Waals surface area contributed by atoms with Gasteiger partial charge in [-0.2, -0.15) is 4.98 Å². The van der Waals surface area contributed by atoms with Gasteiger partial charge >= 0.3 is 12.0 Å². The Bertz CT molecular complexity index is 1030. The van der Waals surface area contributed by atoms with Crippen molar-refractivity contribution in [3.05, 3.63) is 46.1 Å². The third-order valence-electron chi connectivity index (χ3n) is 6.43. The van der Waals surface area contributed by atoms with Gasteiger partial charge in [0.25, 0.3) is 0 Å². The Morgan fingerprint density at radius 2 is 1.89 bits per heavy atom. The first-order chi connectivity index (χ1) is 16.7. The normalized spacial score (nSPS) is 21.3. The van der Waals surface area contributed by atoms with Crippen molar-refractivity contribution in [3.8, 4) is 5.75 Å². The number of rotatable bonds is 9. The van der Waals surface area contributed by atoms with E-state index in [1.807, 2.05) is 0 Å². The average molecular weight is 496 g/mol. The van der Waals surface area contributed by atoms with Crippen molar-refractivity contribution in [2.45, 2.75) is 50.7 Å². The minimum Gasteiger partial charge on any atom is -0.405 e. The van der Waals surface area contributed by atoms with Gasteiger partial charge in [-0.25, -0.2) is 4.98 Å². The molecule has 0 atom stereocenters. The van der Waals surface area contributed by atoms with Crippen LogP contribution in [0.4, 0.5) is 30.6 Å². The number of likely N-dealkylation sites (tertiary alicyclic amines) is 1. The lowest BCUT2D eigenvalue weighted by molar-refractivity contribution is -0.384. The van der Waals surface area contributed by atoms with Crippen LogP contribution in [0.15, 0.2) is 30.5 Å². The van der Waals surface area contributed by atoms with Crippen LogP contribution in [0.2, 0.25) is 0 Å². The number of nitrogens with one attached hydrogen (secondary N) is 2. The van der Waals surface area contributed by atoms with Gasteiger partial charge in [-0.3, -0.25) is 15.0 Å². The number of nitrogens with zero attached hydrogens (tertiary/aromatic N) is 4. The molecule has 4 N–H and O–H groups in total. The van der Waals surface area contributed by atoms with Crippen molar-refractivity contribution >= 4 is 17.5 Å². The van der Waals surface area contributed by atoms with Crippen LogP contribution in [-0.4, -0.2) is 57.9 Å². The van der Waals surface area contributed by atoms with Crippen LogP contribution in [-0.2, 0) is 6.54 Å². The second kappa shape index (κ2) is 10.6. The second-order valence-corrected chi connectivity index (χ2v) is 8.96. The molecule has 4 rings (SSSR count). The van der Waals surface area contributed by atoms with Gasteiger partial charge in [-0.15, -0.1) is 13.2 Å². The predicted octanol–water partition coefficient (Wildman–Crippen LogP) is 3.51. The van der Waals surface area contributed by atoms with Gasteiger partial charge in [0.1, 0.15) is 11.9 Å². The van der Waals surface area contributed by atoms with E-state index in [4.69, 9.17) is 5.73 Å². The summed E-state index contributed by atoms with van der Waals surface area (Å²) in [7, 11) is 0. The van der Waals surface area contributed by atoms with E-state index in [9.17, 15) is 23.3 Å². The van der Waals surface area contributed by atoms with E-state index in [0.717, 1.165) is 45.0 Å². The summed E-state index contributed by atoms with van der Waals surface area (Å²) < 4.78 is 42.0. The summed E-state index contributed by atoms with van der Waals surface area (Å²) in [6.45, 7) is 2.37. The number of nitro groups is 1. The highest BCUT2D eigenvalue weighted by Crippen LogP contribution is 2.31. The largest absolute Gasteiger partial charge is 0.573 e. The van der Waals surface area contributed by atoms with E-state index in [-0.39, 0.29) is 41.4 Å². The molecule has 1 aliphatic carbocycles. The van der Waals surface area contributed by atoms with Gasteiger partial charge in [0.05, 0.1) is 4.92 Å². The predicted molar refractivity (Wildman–Crippen MR) is 123 cm³/mol. The summed E-state index contributed by atoms with van der Waals surface area (Å²) in [4.78, 5) is 21.5. The lowest BCUT2D eigenvalue weighted by atomic mass is 9.84. The number of benzene rings is 1. The van der Waals surface area contributed by atoms with E-state index in [2.05, 4.69) is 30.2 Å². The van der Waals surface area contributed by atoms with Crippen LogP contribution >= 0.6 is 0 Å². The van der Waals surface area contributed by atoms with Gasteiger partial charge in [0.15, 0.2) is 0 Å². The molecule has 1 saturated carbocycles. The zero-order valence-corrected chi connectivity index (χ0v) is 19.0. The molecular weight excluding hydrogens is 467 g/mol. The first kappa shape index (κ1) is 24.9. The summed E-state index contributed by atoms with van der Waals surface area (Å²) in [6.07, 6.45) is 0.402. The molecule has 2 aromatic rings. The lowest BCUT2D eigenvalue weighted by Gasteiger charge is -2.45. The number of anilines is 2. The summed E-state index contributed by atoms with van der Waals surface area (Å²) in [5, 5.41) is 17.4. The molecule has 0 spiro atoms. The van der Waals surface area contributed by atoms with Crippen molar-refractivity contribution in [2.75, 3.05) is 30.3 Å². The summed E-state index contributed by atoms with van der Waals surface area (Å²) in [6, 6.07) is 6.53. The highest BCUT2D eigenvalue weighted by molar-refractivity contribution is 5.57. The third-order valence-corrected chi connectivity index (χ3v) is 6.43. The number of halogens is 3. The molecule has 35 heavy (non-hydrogen) atoms. The molecule has 1 saturated heterocycles. The van der Waals surface area contributed by atoms with Crippen molar-refractivity contribution in [1.82, 2.24) is 14.9 Å². The molecular formula is C22H28F3N7O3. The first-order valence-corrected chi connectivity index (χ1v) is 11.5. The number of nitrogens with two attached hydrogens (primary N) is 1. The summed E-state index contributed by atoms with van der Waals surface area (Å²) >= 11 is 0. The van der Waals surface area contributed by atoms with E-state index >= 15 is 0 Å². The van der Waals surface area contributed by atoms with Crippen molar-refractivity contribution in [3.63, 3.8) is 0 Å². The minimum absolute atomic E-state index is 0.0535. The molecule has 0 bridgehead atoms. The Kier molecular flexibility index (Phi) is 7.55. The Morgan fingerprint density at radius 1 is 1.17 bits per heavy atom. The fourth-order valence-electron chi connectivity index (χ4n) is 4.57. The maximum Gasteiger partial charge on any atom is 0.573 e. The standard InChI is InChI=1S/C22H28F3N7O3/c23-22(24,25)35-19-4-2-1-3-15(19)10-28-21-29-11-18(32(33)34)20(30-21)27-9-14-5-7-17(8-6-14)31-12-16(26)13-31/h1-4,11,14,16-17H,5-10,12-13,26H2,(H2,27,28,29,30)/t14-,17-. The molecule has 1 aromatic heterocycles. The van der Waals surface area contributed by atoms with Crippen LogP contribution in [0.3, 0.4) is 0 Å². The smallest absolute Gasteiger partial charge is 0.405 e. The molecule has 1 aliphatic heterocycles. The van der Waals surface area contributed by atoms with Crippen LogP contribution < -0.4 is 21.1 Å². The number of hydrogen-bond acceptors (Lipinski definition) is 9. The molecule has 0 unspecified atom stereocenters. The van der Waals surface area contributed by atoms with Crippen LogP contribution in [0.1, 0.15) is 31.2 Å². The van der Waals surface area contributed by atoms with Crippen LogP contribution in [0, 0.1) is 16.0 Å². The topological polar surface area (TPSA) is 131 Å². The van der Waals surface area contributed by atoms with E-state index in [1.165, 1.54) is 18.2 Å². The Labute approximate surface area is 200 Å². The van der Waals surface area contributed by atoms with Crippen molar-refractivity contribution in [1.29, 1.82) is 0 Å². The quantitative estimate of drug-likeness (QED) is 0.353. The molecule has 2 aliphatic rings. The van der Waals surface area contributed by atoms with E-state index in [0.29, 0.717) is 18.5 Å². The number of para-hydroxylation sites is 1. The maximum absolute atomic E-state index is 12.6. The summed E-state index contributed by atoms with van der Waals surface area (Å²) in [5.41, 5.74) is 5.85. The number of aromatic nitrogens is 2. The highest BCUT2D eigenvalue weighted by atomic mass is 19.4. The fourth-order valence-corrected chi connectivity index (χ4v) is 4.57. The molecule has 10 nitrogen and oxygen atoms in total. The van der Waals surface area contributed by atoms with E-state index < -0.39 is 11.3 Å². The zero-order chi connectivity index (χ0) is 25.0. The van der Waals surface area contributed by atoms with Gasteiger partial charge in [0.2, 0.25) is 11.8 Å². The lowest BCUT2D eigenvalue weighted by Crippen LogP contribution is -2.59. The number of alkyl halides is 3. The van der Waals surface area contributed by atoms with Crippen molar-refractivity contribution < 1.29 is 22.8 Å². The first-order valence-electron chi connectivity index (χ1n) is 11.5. The molecule has 190 valence electrons. The fraction of sp³-hybridized carbons (Fsp3) is 0.545. The molecule has 0 amide bonds. The minimum atomic E-state index is -4.82. The van der Waals surface area contributed by atoms with E-state index in [1.54, 1.807) is 6.07 Å². The van der Waals surface area contributed by atoms with Gasteiger partial charge in [-0.05, 0) is 37.7 Å². The van der Waals surface area contributed by atoms with Gasteiger partial charge in [0, 0.05) is 43.8 Å². The number of hydrogen-bond donors (Lipinski definition) is 3. The monoisotopic (exact) mass is 495 g/mol. The molecule has 2 heterocycles. The molecule has 13 heteroatoms. The molecule has 1 aromatic carbocycles. The maximum atomic E-state index is 12.6. The van der Waals surface area contributed by atoms with Gasteiger partial charge < -0.3 is 21.1 Å². The molecule has 2 fully saturated rings. The molecule has 0 radical (unpaired) electrons. The average Bonchev–Trinajstić information content (AvgIpc) is 2.79. The second-order valence-electron chi connectivity index (χ2n) is 8.96. The zero-order valence-electron chi connectivity index (χ0n) is 19.0. The van der Waals surface area contributed by atoms with Crippen LogP contribution in [0.5, 0.6) is 5.75 Å². The SMILES string of the molecule is NC1CN([C@H]2CC[C@H](CNc3nc(NCc4ccccc4OC(F)(F)F)ncc3[N+](=O)[O-])CC2)C1. The summed E-state index contributed by atoms with van der Waals surface area (Å²) in [5.74, 6) is 0.142. The number of ether oxygens (including phenoxy) is 1. The van der Waals surface area contributed by atoms with Crippen LogP contribution in [0.25, 0.3) is 0 Å². The third kappa shape index (κ3) is 6.69. The Morgan fingerprint density at radius 3 is 2.54 bits per heavy atom. The van der Waals surface area contributed by atoms with Gasteiger partial charge in [-0.1, -0.05) is 18.2 Å². The van der Waals surface area contributed by atoms with Crippen molar-refractivity contribution in [2.24, 2.45) is 11.7 Å². The highest BCUT2D eigenvalue weighted by Gasteiger charge is 2.33. The Balaban J connectivity index is 1.35. The Hall–Kier alpha value is -3.19.